The summed E-state index contributed by atoms with van der Waals surface area (Å²) in [6.07, 6.45) is -0.428. The fourth-order valence-electron chi connectivity index (χ4n) is 0.972. The van der Waals surface area contributed by atoms with Crippen molar-refractivity contribution in [2.45, 2.75) is 33.2 Å². The number of carbonyl (C=O) groups excluding carboxylic acids is 1. The van der Waals surface area contributed by atoms with Gasteiger partial charge in [-0.3, -0.25) is 4.79 Å². The molecule has 5 nitrogen and oxygen atoms in total. The molecule has 0 atom stereocenters. The van der Waals surface area contributed by atoms with Crippen LogP contribution in [0.4, 0.5) is 0 Å². The second-order valence-electron chi connectivity index (χ2n) is 2.53. The molecule has 0 rings (SSSR count). The summed E-state index contributed by atoms with van der Waals surface area (Å²) in [4.78, 5) is 11.0. The molecule has 0 aromatic rings. The Balaban J connectivity index is 4.12. The SMILES string of the molecule is CCOC(=O)CC([O])(OCC)OCC. The van der Waals surface area contributed by atoms with Gasteiger partial charge in [0.05, 0.1) is 6.61 Å². The molecule has 0 aliphatic carbocycles. The van der Waals surface area contributed by atoms with E-state index >= 15 is 0 Å². The second-order valence-corrected chi connectivity index (χ2v) is 2.53. The van der Waals surface area contributed by atoms with Crippen LogP contribution in [0.5, 0.6) is 0 Å². The molecule has 1 radical (unpaired) electrons. The van der Waals surface area contributed by atoms with E-state index in [2.05, 4.69) is 4.74 Å². The Morgan fingerprint density at radius 2 is 1.57 bits per heavy atom. The van der Waals surface area contributed by atoms with Gasteiger partial charge in [0.1, 0.15) is 6.42 Å². The summed E-state index contributed by atoms with van der Waals surface area (Å²) in [6, 6.07) is 0. The second kappa shape index (κ2) is 6.75. The standard InChI is InChI=1S/C9H17O5/c1-4-12-8(10)7-9(11,13-5-2)14-6-3/h4-7H2,1-3H3. The van der Waals surface area contributed by atoms with Crippen LogP contribution in [0.25, 0.3) is 0 Å². The molecule has 0 bridgehead atoms. The van der Waals surface area contributed by atoms with Crippen molar-refractivity contribution in [1.29, 1.82) is 0 Å². The van der Waals surface area contributed by atoms with E-state index in [1.54, 1.807) is 20.8 Å². The van der Waals surface area contributed by atoms with Gasteiger partial charge in [-0.2, -0.15) is 5.11 Å². The Hall–Kier alpha value is -0.650. The van der Waals surface area contributed by atoms with Crippen molar-refractivity contribution in [3.05, 3.63) is 0 Å². The number of rotatable bonds is 7. The summed E-state index contributed by atoms with van der Waals surface area (Å²) in [7, 11) is 0. The molecule has 0 aromatic carbocycles. The summed E-state index contributed by atoms with van der Waals surface area (Å²) in [5.41, 5.74) is 0. The molecule has 14 heavy (non-hydrogen) atoms. The minimum atomic E-state index is -2.10. The molecule has 0 aliphatic heterocycles. The van der Waals surface area contributed by atoms with Crippen molar-refractivity contribution >= 4 is 5.97 Å². The van der Waals surface area contributed by atoms with E-state index in [4.69, 9.17) is 9.47 Å². The minimum absolute atomic E-state index is 0.197. The van der Waals surface area contributed by atoms with Crippen molar-refractivity contribution < 1.29 is 24.1 Å². The third-order valence-electron chi connectivity index (χ3n) is 1.39. The Morgan fingerprint density at radius 3 is 1.93 bits per heavy atom. The monoisotopic (exact) mass is 205 g/mol. The summed E-state index contributed by atoms with van der Waals surface area (Å²) >= 11 is 0. The highest BCUT2D eigenvalue weighted by atomic mass is 16.8. The molecule has 0 N–H and O–H groups in total. The Morgan fingerprint density at radius 1 is 1.07 bits per heavy atom. The van der Waals surface area contributed by atoms with E-state index in [0.29, 0.717) is 0 Å². The van der Waals surface area contributed by atoms with Crippen molar-refractivity contribution in [1.82, 2.24) is 0 Å². The fraction of sp³-hybridized carbons (Fsp3) is 0.889. The van der Waals surface area contributed by atoms with Crippen LogP contribution in [0.15, 0.2) is 0 Å². The molecule has 0 aromatic heterocycles. The summed E-state index contributed by atoms with van der Waals surface area (Å²) < 4.78 is 14.2. The normalized spacial score (nSPS) is 11.4. The van der Waals surface area contributed by atoms with Gasteiger partial charge in [0.2, 0.25) is 0 Å². The van der Waals surface area contributed by atoms with Crippen molar-refractivity contribution in [2.75, 3.05) is 19.8 Å². The quantitative estimate of drug-likeness (QED) is 0.461. The number of ether oxygens (including phenoxy) is 3. The lowest BCUT2D eigenvalue weighted by Gasteiger charge is -2.23. The van der Waals surface area contributed by atoms with Gasteiger partial charge in [-0.05, 0) is 20.8 Å². The van der Waals surface area contributed by atoms with Crippen molar-refractivity contribution in [2.24, 2.45) is 0 Å². The number of esters is 1. The Bertz CT molecular complexity index is 163. The van der Waals surface area contributed by atoms with E-state index in [1.807, 2.05) is 0 Å². The van der Waals surface area contributed by atoms with Crippen LogP contribution in [0.2, 0.25) is 0 Å². The molecule has 5 heteroatoms. The Labute approximate surface area is 84.0 Å². The molecule has 0 spiro atoms. The average Bonchev–Trinajstić information content (AvgIpc) is 2.04. The first kappa shape index (κ1) is 13.4. The first-order valence-electron chi connectivity index (χ1n) is 4.72. The van der Waals surface area contributed by atoms with E-state index in [9.17, 15) is 9.90 Å². The maximum absolute atomic E-state index is 11.6. The molecular formula is C9H17O5. The first-order valence-corrected chi connectivity index (χ1v) is 4.72. The highest BCUT2D eigenvalue weighted by Gasteiger charge is 2.34. The van der Waals surface area contributed by atoms with Crippen LogP contribution in [-0.2, 0) is 24.1 Å². The number of hydrogen-bond donors (Lipinski definition) is 0. The molecule has 0 aliphatic rings. The molecule has 0 saturated heterocycles. The first-order chi connectivity index (χ1) is 6.58. The maximum atomic E-state index is 11.6. The van der Waals surface area contributed by atoms with Gasteiger partial charge in [0, 0.05) is 13.2 Å². The van der Waals surface area contributed by atoms with Crippen LogP contribution < -0.4 is 0 Å². The molecule has 0 fully saturated rings. The zero-order valence-electron chi connectivity index (χ0n) is 8.87. The highest BCUT2D eigenvalue weighted by Crippen LogP contribution is 2.16. The van der Waals surface area contributed by atoms with Crippen LogP contribution in [0.3, 0.4) is 0 Å². The van der Waals surface area contributed by atoms with Crippen LogP contribution >= 0.6 is 0 Å². The van der Waals surface area contributed by atoms with Crippen LogP contribution in [-0.4, -0.2) is 31.8 Å². The van der Waals surface area contributed by atoms with Crippen LogP contribution in [0, 0.1) is 0 Å². The van der Waals surface area contributed by atoms with Crippen molar-refractivity contribution in [3.63, 3.8) is 0 Å². The molecule has 0 saturated carbocycles. The predicted molar refractivity (Wildman–Crippen MR) is 47.9 cm³/mol. The lowest BCUT2D eigenvalue weighted by Crippen LogP contribution is -2.37. The largest absolute Gasteiger partial charge is 0.466 e. The Kier molecular flexibility index (Phi) is 6.44. The summed E-state index contributed by atoms with van der Waals surface area (Å²) in [5.74, 6) is -2.71. The summed E-state index contributed by atoms with van der Waals surface area (Å²) in [5, 5.41) is 11.6. The van der Waals surface area contributed by atoms with Gasteiger partial charge in [0.15, 0.2) is 0 Å². The van der Waals surface area contributed by atoms with Crippen molar-refractivity contribution in [3.8, 4) is 0 Å². The van der Waals surface area contributed by atoms with Gasteiger partial charge >= 0.3 is 11.9 Å². The number of hydrogen-bond acceptors (Lipinski definition) is 4. The third-order valence-corrected chi connectivity index (χ3v) is 1.39. The van der Waals surface area contributed by atoms with Gasteiger partial charge in [0.25, 0.3) is 0 Å². The molecule has 0 unspecified atom stereocenters. The van der Waals surface area contributed by atoms with E-state index in [-0.39, 0.29) is 19.8 Å². The van der Waals surface area contributed by atoms with Gasteiger partial charge < -0.3 is 14.2 Å². The third kappa shape index (κ3) is 5.16. The topological polar surface area (TPSA) is 64.7 Å². The molecule has 0 heterocycles. The maximum Gasteiger partial charge on any atom is 0.323 e. The molecule has 83 valence electrons. The summed E-state index contributed by atoms with van der Waals surface area (Å²) in [6.45, 7) is 5.64. The zero-order chi connectivity index (χ0) is 11.0. The van der Waals surface area contributed by atoms with Gasteiger partial charge in [-0.15, -0.1) is 0 Å². The molecule has 0 amide bonds. The van der Waals surface area contributed by atoms with Gasteiger partial charge in [-0.1, -0.05) is 0 Å². The highest BCUT2D eigenvalue weighted by molar-refractivity contribution is 5.70. The van der Waals surface area contributed by atoms with Crippen LogP contribution in [0.1, 0.15) is 27.2 Å². The van der Waals surface area contributed by atoms with Gasteiger partial charge in [-0.25, -0.2) is 0 Å². The number of carbonyl (C=O) groups is 1. The zero-order valence-corrected chi connectivity index (χ0v) is 8.87. The lowest BCUT2D eigenvalue weighted by molar-refractivity contribution is -0.384. The van der Waals surface area contributed by atoms with E-state index in [0.717, 1.165) is 0 Å². The fourth-order valence-corrected chi connectivity index (χ4v) is 0.972. The van der Waals surface area contributed by atoms with E-state index < -0.39 is 18.4 Å². The smallest absolute Gasteiger partial charge is 0.323 e. The minimum Gasteiger partial charge on any atom is -0.466 e. The molecular weight excluding hydrogens is 188 g/mol. The average molecular weight is 205 g/mol. The predicted octanol–water partition coefficient (Wildman–Crippen LogP) is 1.10. The lowest BCUT2D eigenvalue weighted by atomic mass is 10.3. The van der Waals surface area contributed by atoms with E-state index in [1.165, 1.54) is 0 Å².